The Morgan fingerprint density at radius 1 is 1.33 bits per heavy atom. The highest BCUT2D eigenvalue weighted by Crippen LogP contribution is 2.31. The molecule has 2 aromatic rings. The Hall–Kier alpha value is -2.97. The van der Waals surface area contributed by atoms with Gasteiger partial charge in [0.1, 0.15) is 18.4 Å². The SMILES string of the molecule is CCOC(=O)CNC(=O)N1CCCCC1c1nc(-c2ccc(F)cc2)no1. The molecule has 27 heavy (non-hydrogen) atoms. The van der Waals surface area contributed by atoms with Crippen LogP contribution in [0.25, 0.3) is 11.4 Å². The van der Waals surface area contributed by atoms with Crippen LogP contribution in [0.5, 0.6) is 0 Å². The van der Waals surface area contributed by atoms with Gasteiger partial charge in [-0.25, -0.2) is 9.18 Å². The van der Waals surface area contributed by atoms with Crippen LogP contribution in [-0.2, 0) is 9.53 Å². The second-order valence-electron chi connectivity index (χ2n) is 6.13. The number of carbonyl (C=O) groups excluding carboxylic acids is 2. The molecule has 8 nitrogen and oxygen atoms in total. The van der Waals surface area contributed by atoms with Gasteiger partial charge in [-0.3, -0.25) is 4.79 Å². The summed E-state index contributed by atoms with van der Waals surface area (Å²) < 4.78 is 23.2. The van der Waals surface area contributed by atoms with Gasteiger partial charge in [0.2, 0.25) is 11.7 Å². The van der Waals surface area contributed by atoms with Gasteiger partial charge in [0.05, 0.1) is 6.61 Å². The second kappa shape index (κ2) is 8.61. The highest BCUT2D eigenvalue weighted by molar-refractivity contribution is 5.81. The van der Waals surface area contributed by atoms with Crippen molar-refractivity contribution < 1.29 is 23.2 Å². The monoisotopic (exact) mass is 376 g/mol. The standard InChI is InChI=1S/C18H21FN4O4/c1-2-26-15(24)11-20-18(25)23-10-4-3-5-14(23)17-21-16(22-27-17)12-6-8-13(19)9-7-12/h6-9,14H,2-5,10-11H2,1H3,(H,20,25). The second-order valence-corrected chi connectivity index (χ2v) is 6.13. The quantitative estimate of drug-likeness (QED) is 0.806. The maximum absolute atomic E-state index is 13.1. The van der Waals surface area contributed by atoms with Gasteiger partial charge in [0, 0.05) is 12.1 Å². The van der Waals surface area contributed by atoms with E-state index in [9.17, 15) is 14.0 Å². The van der Waals surface area contributed by atoms with Crippen LogP contribution >= 0.6 is 0 Å². The highest BCUT2D eigenvalue weighted by atomic mass is 19.1. The summed E-state index contributed by atoms with van der Waals surface area (Å²) in [6, 6.07) is 5.02. The van der Waals surface area contributed by atoms with Crippen molar-refractivity contribution in [2.24, 2.45) is 0 Å². The number of rotatable bonds is 5. The van der Waals surface area contributed by atoms with Gasteiger partial charge >= 0.3 is 12.0 Å². The molecule has 9 heteroatoms. The minimum Gasteiger partial charge on any atom is -0.465 e. The maximum atomic E-state index is 13.1. The minimum absolute atomic E-state index is 0.194. The maximum Gasteiger partial charge on any atom is 0.325 e. The number of hydrogen-bond donors (Lipinski definition) is 1. The lowest BCUT2D eigenvalue weighted by Gasteiger charge is -2.33. The molecule has 3 rings (SSSR count). The van der Waals surface area contributed by atoms with E-state index in [1.807, 2.05) is 0 Å². The van der Waals surface area contributed by atoms with Gasteiger partial charge in [0.25, 0.3) is 0 Å². The number of aromatic nitrogens is 2. The predicted octanol–water partition coefficient (Wildman–Crippen LogP) is 2.68. The van der Waals surface area contributed by atoms with Gasteiger partial charge < -0.3 is 19.5 Å². The Bertz CT molecular complexity index is 793. The summed E-state index contributed by atoms with van der Waals surface area (Å²) in [5.74, 6) is -0.183. The minimum atomic E-state index is -0.490. The number of amides is 2. The molecule has 2 heterocycles. The zero-order valence-corrected chi connectivity index (χ0v) is 15.0. The lowest BCUT2D eigenvalue weighted by Crippen LogP contribution is -2.46. The van der Waals surface area contributed by atoms with E-state index in [1.165, 1.54) is 12.1 Å². The first-order valence-corrected chi connectivity index (χ1v) is 8.88. The third-order valence-electron chi connectivity index (χ3n) is 4.28. The van der Waals surface area contributed by atoms with Crippen LogP contribution < -0.4 is 5.32 Å². The number of likely N-dealkylation sites (tertiary alicyclic amines) is 1. The molecule has 0 aliphatic carbocycles. The molecule has 0 bridgehead atoms. The van der Waals surface area contributed by atoms with Crippen LogP contribution in [-0.4, -0.2) is 46.7 Å². The zero-order chi connectivity index (χ0) is 19.2. The largest absolute Gasteiger partial charge is 0.465 e. The van der Waals surface area contributed by atoms with Crippen molar-refractivity contribution >= 4 is 12.0 Å². The summed E-state index contributed by atoms with van der Waals surface area (Å²) >= 11 is 0. The number of piperidine rings is 1. The van der Waals surface area contributed by atoms with E-state index < -0.39 is 5.97 Å². The molecule has 144 valence electrons. The van der Waals surface area contributed by atoms with E-state index in [0.29, 0.717) is 30.2 Å². The summed E-state index contributed by atoms with van der Waals surface area (Å²) in [5.41, 5.74) is 0.625. The molecule has 0 spiro atoms. The fourth-order valence-corrected chi connectivity index (χ4v) is 2.98. The molecule has 1 atom stereocenters. The first-order chi connectivity index (χ1) is 13.1. The predicted molar refractivity (Wildman–Crippen MR) is 93.0 cm³/mol. The average molecular weight is 376 g/mol. The molecule has 1 aliphatic rings. The molecule has 1 aliphatic heterocycles. The molecular weight excluding hydrogens is 355 g/mol. The number of ether oxygens (including phenoxy) is 1. The molecular formula is C18H21FN4O4. The number of nitrogens with zero attached hydrogens (tertiary/aromatic N) is 3. The molecule has 1 aromatic heterocycles. The van der Waals surface area contributed by atoms with Crippen LogP contribution in [0.2, 0.25) is 0 Å². The van der Waals surface area contributed by atoms with Gasteiger partial charge in [-0.1, -0.05) is 5.16 Å². The van der Waals surface area contributed by atoms with E-state index in [-0.39, 0.29) is 31.0 Å². The van der Waals surface area contributed by atoms with E-state index >= 15 is 0 Å². The van der Waals surface area contributed by atoms with Crippen molar-refractivity contribution in [3.63, 3.8) is 0 Å². The summed E-state index contributed by atoms with van der Waals surface area (Å²) in [4.78, 5) is 29.9. The third-order valence-corrected chi connectivity index (χ3v) is 4.28. The number of carbonyl (C=O) groups is 2. The molecule has 1 fully saturated rings. The van der Waals surface area contributed by atoms with Crippen LogP contribution in [0, 0.1) is 5.82 Å². The number of benzene rings is 1. The Kier molecular flexibility index (Phi) is 6.00. The van der Waals surface area contributed by atoms with Crippen LogP contribution in [0.3, 0.4) is 0 Å². The number of halogens is 1. The van der Waals surface area contributed by atoms with Gasteiger partial charge in [-0.15, -0.1) is 0 Å². The molecule has 1 N–H and O–H groups in total. The van der Waals surface area contributed by atoms with Gasteiger partial charge in [0.15, 0.2) is 0 Å². The van der Waals surface area contributed by atoms with E-state index in [0.717, 1.165) is 12.8 Å². The smallest absolute Gasteiger partial charge is 0.325 e. The number of hydrogen-bond acceptors (Lipinski definition) is 6. The van der Waals surface area contributed by atoms with Crippen molar-refractivity contribution in [1.82, 2.24) is 20.4 Å². The van der Waals surface area contributed by atoms with Crippen molar-refractivity contribution in [3.05, 3.63) is 36.0 Å². The zero-order valence-electron chi connectivity index (χ0n) is 15.0. The molecule has 1 aromatic carbocycles. The summed E-state index contributed by atoms with van der Waals surface area (Å²) in [6.07, 6.45) is 2.45. The van der Waals surface area contributed by atoms with Crippen molar-refractivity contribution in [1.29, 1.82) is 0 Å². The van der Waals surface area contributed by atoms with Crippen molar-refractivity contribution in [2.45, 2.75) is 32.2 Å². The molecule has 2 amide bonds. The van der Waals surface area contributed by atoms with Crippen molar-refractivity contribution in [2.75, 3.05) is 19.7 Å². The van der Waals surface area contributed by atoms with E-state index in [1.54, 1.807) is 24.0 Å². The van der Waals surface area contributed by atoms with Crippen LogP contribution in [0.1, 0.15) is 38.1 Å². The lowest BCUT2D eigenvalue weighted by molar-refractivity contribution is -0.141. The Morgan fingerprint density at radius 2 is 2.11 bits per heavy atom. The molecule has 0 saturated carbocycles. The average Bonchev–Trinajstić information content (AvgIpc) is 3.17. The topological polar surface area (TPSA) is 97.6 Å². The molecule has 0 radical (unpaired) electrons. The summed E-state index contributed by atoms with van der Waals surface area (Å²) in [7, 11) is 0. The number of esters is 1. The Morgan fingerprint density at radius 3 is 2.85 bits per heavy atom. The first-order valence-electron chi connectivity index (χ1n) is 8.88. The van der Waals surface area contributed by atoms with Gasteiger partial charge in [-0.05, 0) is 50.5 Å². The van der Waals surface area contributed by atoms with Gasteiger partial charge in [-0.2, -0.15) is 4.98 Å². The van der Waals surface area contributed by atoms with E-state index in [2.05, 4.69) is 15.5 Å². The lowest BCUT2D eigenvalue weighted by atomic mass is 10.0. The Labute approximate surface area is 155 Å². The molecule has 1 saturated heterocycles. The fraction of sp³-hybridized carbons (Fsp3) is 0.444. The highest BCUT2D eigenvalue weighted by Gasteiger charge is 2.32. The fourth-order valence-electron chi connectivity index (χ4n) is 2.98. The summed E-state index contributed by atoms with van der Waals surface area (Å²) in [5, 5.41) is 6.50. The number of nitrogens with one attached hydrogen (secondary N) is 1. The number of urea groups is 1. The van der Waals surface area contributed by atoms with Crippen LogP contribution in [0.15, 0.2) is 28.8 Å². The normalized spacial score (nSPS) is 16.8. The van der Waals surface area contributed by atoms with E-state index in [4.69, 9.17) is 9.26 Å². The third kappa shape index (κ3) is 4.60. The van der Waals surface area contributed by atoms with Crippen LogP contribution in [0.4, 0.5) is 9.18 Å². The molecule has 1 unspecified atom stereocenters. The van der Waals surface area contributed by atoms with Crippen molar-refractivity contribution in [3.8, 4) is 11.4 Å². The summed E-state index contributed by atoms with van der Waals surface area (Å²) in [6.45, 7) is 2.29. The Balaban J connectivity index is 1.71. The first kappa shape index (κ1) is 18.8.